The van der Waals surface area contributed by atoms with E-state index in [1.54, 1.807) is 0 Å². The predicted molar refractivity (Wildman–Crippen MR) is 55.4 cm³/mol. The van der Waals surface area contributed by atoms with Gasteiger partial charge in [0.25, 0.3) is 0 Å². The average molecular weight is 217 g/mol. The molecule has 0 aliphatic rings. The van der Waals surface area contributed by atoms with Crippen LogP contribution < -0.4 is 5.32 Å². The topological polar surface area (TPSA) is 64.6 Å². The van der Waals surface area contributed by atoms with Gasteiger partial charge in [-0.05, 0) is 13.3 Å². The molecule has 15 heavy (non-hydrogen) atoms. The molecule has 0 aliphatic carbocycles. The van der Waals surface area contributed by atoms with Crippen molar-refractivity contribution < 1.29 is 19.1 Å². The smallest absolute Gasteiger partial charge is 0.306 e. The second kappa shape index (κ2) is 9.45. The van der Waals surface area contributed by atoms with E-state index in [1.807, 2.05) is 6.92 Å². The fourth-order valence-corrected chi connectivity index (χ4v) is 0.952. The van der Waals surface area contributed by atoms with Crippen LogP contribution in [0.3, 0.4) is 0 Å². The van der Waals surface area contributed by atoms with Gasteiger partial charge < -0.3 is 14.8 Å². The van der Waals surface area contributed by atoms with Crippen molar-refractivity contribution in [2.75, 3.05) is 26.9 Å². The van der Waals surface area contributed by atoms with Crippen molar-refractivity contribution in [2.24, 2.45) is 0 Å². The summed E-state index contributed by atoms with van der Waals surface area (Å²) in [6.07, 6.45) is 1.10. The van der Waals surface area contributed by atoms with Gasteiger partial charge in [0.1, 0.15) is 0 Å². The highest BCUT2D eigenvalue weighted by Crippen LogP contribution is 1.91. The predicted octanol–water partition coefficient (Wildman–Crippen LogP) is 0.482. The third kappa shape index (κ3) is 9.21. The largest absolute Gasteiger partial charge is 0.469 e. The molecule has 0 spiro atoms. The standard InChI is InChI=1S/C10H19NO4/c1-3-15-8-4-7-11-9(12)5-6-10(13)14-2/h3-8H2,1-2H3,(H,11,12). The highest BCUT2D eigenvalue weighted by Gasteiger charge is 2.05. The Labute approximate surface area is 90.1 Å². The summed E-state index contributed by atoms with van der Waals surface area (Å²) in [5.74, 6) is -0.489. The number of nitrogens with one attached hydrogen (secondary N) is 1. The third-order valence-corrected chi connectivity index (χ3v) is 1.78. The van der Waals surface area contributed by atoms with Crippen LogP contribution in [0.5, 0.6) is 0 Å². The number of amides is 1. The fraction of sp³-hybridized carbons (Fsp3) is 0.800. The zero-order chi connectivity index (χ0) is 11.5. The van der Waals surface area contributed by atoms with Crippen molar-refractivity contribution in [3.05, 3.63) is 0 Å². The SMILES string of the molecule is CCOCCCNC(=O)CCC(=O)OC. The normalized spacial score (nSPS) is 9.73. The van der Waals surface area contributed by atoms with Crippen LogP contribution in [0.2, 0.25) is 0 Å². The van der Waals surface area contributed by atoms with E-state index in [-0.39, 0.29) is 24.7 Å². The molecule has 0 saturated heterocycles. The maximum absolute atomic E-state index is 11.1. The van der Waals surface area contributed by atoms with E-state index in [2.05, 4.69) is 10.1 Å². The minimum atomic E-state index is -0.362. The van der Waals surface area contributed by atoms with E-state index in [0.717, 1.165) is 6.42 Å². The molecule has 5 nitrogen and oxygen atoms in total. The Morgan fingerprint density at radius 1 is 1.27 bits per heavy atom. The molecular weight excluding hydrogens is 198 g/mol. The first-order valence-corrected chi connectivity index (χ1v) is 5.12. The van der Waals surface area contributed by atoms with Crippen molar-refractivity contribution in [1.82, 2.24) is 5.32 Å². The summed E-state index contributed by atoms with van der Waals surface area (Å²) in [7, 11) is 1.31. The minimum absolute atomic E-state index is 0.128. The summed E-state index contributed by atoms with van der Waals surface area (Å²) < 4.78 is 9.52. The first-order valence-electron chi connectivity index (χ1n) is 5.12. The van der Waals surface area contributed by atoms with E-state index >= 15 is 0 Å². The molecule has 0 aliphatic heterocycles. The lowest BCUT2D eigenvalue weighted by atomic mass is 10.3. The summed E-state index contributed by atoms with van der Waals surface area (Å²) in [5, 5.41) is 2.69. The Kier molecular flexibility index (Phi) is 8.76. The lowest BCUT2D eigenvalue weighted by molar-refractivity contribution is -0.142. The number of rotatable bonds is 8. The Morgan fingerprint density at radius 3 is 2.60 bits per heavy atom. The number of hydrogen-bond donors (Lipinski definition) is 1. The third-order valence-electron chi connectivity index (χ3n) is 1.78. The molecule has 88 valence electrons. The quantitative estimate of drug-likeness (QED) is 0.474. The van der Waals surface area contributed by atoms with Crippen LogP contribution in [0.4, 0.5) is 0 Å². The van der Waals surface area contributed by atoms with Crippen LogP contribution in [0.25, 0.3) is 0 Å². The molecule has 0 rings (SSSR count). The molecule has 0 saturated carbocycles. The Balaban J connectivity index is 3.30. The first kappa shape index (κ1) is 13.9. The molecule has 0 radical (unpaired) electrons. The van der Waals surface area contributed by atoms with E-state index in [1.165, 1.54) is 7.11 Å². The zero-order valence-electron chi connectivity index (χ0n) is 9.38. The van der Waals surface area contributed by atoms with Crippen LogP contribution in [-0.4, -0.2) is 38.7 Å². The van der Waals surface area contributed by atoms with Gasteiger partial charge in [-0.1, -0.05) is 0 Å². The van der Waals surface area contributed by atoms with Gasteiger partial charge in [-0.25, -0.2) is 0 Å². The molecule has 0 aromatic heterocycles. The minimum Gasteiger partial charge on any atom is -0.469 e. The second-order valence-electron chi connectivity index (χ2n) is 2.98. The van der Waals surface area contributed by atoms with Crippen LogP contribution in [-0.2, 0) is 19.1 Å². The zero-order valence-corrected chi connectivity index (χ0v) is 9.38. The molecule has 1 amide bonds. The highest BCUT2D eigenvalue weighted by molar-refractivity contribution is 5.81. The van der Waals surface area contributed by atoms with Gasteiger partial charge in [0.15, 0.2) is 0 Å². The maximum Gasteiger partial charge on any atom is 0.306 e. The van der Waals surface area contributed by atoms with Gasteiger partial charge in [0, 0.05) is 26.2 Å². The number of methoxy groups -OCH3 is 1. The molecule has 0 heterocycles. The van der Waals surface area contributed by atoms with E-state index < -0.39 is 0 Å². The Hall–Kier alpha value is -1.10. The van der Waals surface area contributed by atoms with Gasteiger partial charge in [-0.15, -0.1) is 0 Å². The van der Waals surface area contributed by atoms with Crippen LogP contribution in [0.1, 0.15) is 26.2 Å². The van der Waals surface area contributed by atoms with Gasteiger partial charge >= 0.3 is 5.97 Å². The Morgan fingerprint density at radius 2 is 2.00 bits per heavy atom. The van der Waals surface area contributed by atoms with E-state index in [9.17, 15) is 9.59 Å². The van der Waals surface area contributed by atoms with Gasteiger partial charge in [-0.2, -0.15) is 0 Å². The maximum atomic E-state index is 11.1. The van der Waals surface area contributed by atoms with Crippen molar-refractivity contribution in [3.63, 3.8) is 0 Å². The van der Waals surface area contributed by atoms with Crippen LogP contribution >= 0.6 is 0 Å². The summed E-state index contributed by atoms with van der Waals surface area (Å²) in [6, 6.07) is 0. The number of esters is 1. The molecular formula is C10H19NO4. The van der Waals surface area contributed by atoms with E-state index in [4.69, 9.17) is 4.74 Å². The number of carbonyl (C=O) groups is 2. The van der Waals surface area contributed by atoms with Crippen molar-refractivity contribution in [2.45, 2.75) is 26.2 Å². The second-order valence-corrected chi connectivity index (χ2v) is 2.98. The molecule has 0 atom stereocenters. The van der Waals surface area contributed by atoms with Crippen LogP contribution in [0, 0.1) is 0 Å². The average Bonchev–Trinajstić information content (AvgIpc) is 2.25. The molecule has 5 heteroatoms. The number of hydrogen-bond acceptors (Lipinski definition) is 4. The van der Waals surface area contributed by atoms with Gasteiger partial charge in [0.2, 0.25) is 5.91 Å². The molecule has 1 N–H and O–H groups in total. The molecule has 0 unspecified atom stereocenters. The lowest BCUT2D eigenvalue weighted by Gasteiger charge is -2.04. The number of carbonyl (C=O) groups excluding carboxylic acids is 2. The molecule has 0 aromatic rings. The summed E-state index contributed by atoms with van der Waals surface area (Å²) in [6.45, 7) is 3.85. The monoisotopic (exact) mass is 217 g/mol. The van der Waals surface area contributed by atoms with Gasteiger partial charge in [-0.3, -0.25) is 9.59 Å². The van der Waals surface area contributed by atoms with Crippen molar-refractivity contribution in [1.29, 1.82) is 0 Å². The summed E-state index contributed by atoms with van der Waals surface area (Å²) in [5.41, 5.74) is 0. The molecule has 0 bridgehead atoms. The first-order chi connectivity index (χ1) is 7.20. The fourth-order valence-electron chi connectivity index (χ4n) is 0.952. The lowest BCUT2D eigenvalue weighted by Crippen LogP contribution is -2.25. The number of ether oxygens (including phenoxy) is 2. The summed E-state index contributed by atoms with van der Waals surface area (Å²) >= 11 is 0. The highest BCUT2D eigenvalue weighted by atomic mass is 16.5. The van der Waals surface area contributed by atoms with Crippen molar-refractivity contribution >= 4 is 11.9 Å². The van der Waals surface area contributed by atoms with Crippen molar-refractivity contribution in [3.8, 4) is 0 Å². The summed E-state index contributed by atoms with van der Waals surface area (Å²) in [4.78, 5) is 21.8. The van der Waals surface area contributed by atoms with Gasteiger partial charge in [0.05, 0.1) is 13.5 Å². The molecule has 0 aromatic carbocycles. The molecule has 0 fully saturated rings. The Bertz CT molecular complexity index is 194. The van der Waals surface area contributed by atoms with E-state index in [0.29, 0.717) is 19.8 Å². The van der Waals surface area contributed by atoms with Crippen LogP contribution in [0.15, 0.2) is 0 Å².